The van der Waals surface area contributed by atoms with Crippen LogP contribution in [0.4, 0.5) is 22.0 Å². The molecule has 2 nitrogen and oxygen atoms in total. The molecule has 1 unspecified atom stereocenters. The number of aliphatic hydroxyl groups is 1. The van der Waals surface area contributed by atoms with E-state index in [9.17, 15) is 31.9 Å². The summed E-state index contributed by atoms with van der Waals surface area (Å²) in [5.74, 6) is -11.7. The van der Waals surface area contributed by atoms with E-state index in [4.69, 9.17) is 0 Å². The highest BCUT2D eigenvalue weighted by Crippen LogP contribution is 2.64. The zero-order chi connectivity index (χ0) is 13.5. The van der Waals surface area contributed by atoms with Crippen LogP contribution >= 0.6 is 0 Å². The third-order valence-electron chi connectivity index (χ3n) is 3.52. The Balaban J connectivity index is 2.48. The van der Waals surface area contributed by atoms with Crippen molar-refractivity contribution in [3.05, 3.63) is 34.6 Å². The van der Waals surface area contributed by atoms with Crippen LogP contribution in [0.2, 0.25) is 0 Å². The normalized spacial score (nSPS) is 30.7. The van der Waals surface area contributed by atoms with Crippen LogP contribution in [0, 0.1) is 5.82 Å². The zero-order valence-corrected chi connectivity index (χ0v) is 8.61. The summed E-state index contributed by atoms with van der Waals surface area (Å²) in [6, 6.07) is 1.02. The molecular formula is C11H5F5O2. The van der Waals surface area contributed by atoms with Crippen LogP contribution < -0.4 is 0 Å². The number of hydrogen-bond donors (Lipinski definition) is 1. The summed E-state index contributed by atoms with van der Waals surface area (Å²) < 4.78 is 67.7. The van der Waals surface area contributed by atoms with Gasteiger partial charge in [0.15, 0.2) is 11.4 Å². The van der Waals surface area contributed by atoms with E-state index in [2.05, 4.69) is 0 Å². The average molecular weight is 264 g/mol. The number of benzene rings is 1. The molecule has 1 N–H and O–H groups in total. The number of carbonyl (C=O) groups excluding carboxylic acids is 1. The topological polar surface area (TPSA) is 37.3 Å². The minimum Gasteiger partial charge on any atom is -0.378 e. The molecule has 1 aromatic carbocycles. The minimum atomic E-state index is -4.84. The van der Waals surface area contributed by atoms with Gasteiger partial charge >= 0.3 is 11.8 Å². The van der Waals surface area contributed by atoms with E-state index in [1.165, 1.54) is 0 Å². The van der Waals surface area contributed by atoms with Gasteiger partial charge in [0.1, 0.15) is 5.82 Å². The lowest BCUT2D eigenvalue weighted by atomic mass is 9.95. The Hall–Kier alpha value is -1.50. The lowest BCUT2D eigenvalue weighted by Gasteiger charge is -2.29. The number of carbonyl (C=O) groups is 1. The van der Waals surface area contributed by atoms with Crippen LogP contribution in [0.5, 0.6) is 0 Å². The summed E-state index contributed by atoms with van der Waals surface area (Å²) in [4.78, 5) is 11.4. The van der Waals surface area contributed by atoms with Crippen LogP contribution in [0.1, 0.15) is 27.9 Å². The Morgan fingerprint density at radius 2 is 1.78 bits per heavy atom. The largest absolute Gasteiger partial charge is 0.378 e. The molecule has 96 valence electrons. The molecule has 2 aliphatic carbocycles. The smallest absolute Gasteiger partial charge is 0.347 e. The maximum Gasteiger partial charge on any atom is 0.347 e. The maximum absolute atomic E-state index is 13.6. The molecule has 3 rings (SSSR count). The first-order valence-electron chi connectivity index (χ1n) is 4.99. The summed E-state index contributed by atoms with van der Waals surface area (Å²) >= 11 is 0. The summed E-state index contributed by atoms with van der Waals surface area (Å²) in [5.41, 5.74) is -6.33. The van der Waals surface area contributed by atoms with Crippen LogP contribution in [-0.2, 0) is 11.5 Å². The lowest BCUT2D eigenvalue weighted by Crippen LogP contribution is -2.48. The van der Waals surface area contributed by atoms with Gasteiger partial charge in [-0.15, -0.1) is 0 Å². The quantitative estimate of drug-likeness (QED) is 0.730. The van der Waals surface area contributed by atoms with E-state index >= 15 is 0 Å². The van der Waals surface area contributed by atoms with Gasteiger partial charge in [-0.05, 0) is 12.1 Å². The predicted octanol–water partition coefficient (Wildman–Crippen LogP) is 2.34. The molecule has 0 amide bonds. The second kappa shape index (κ2) is 2.74. The molecule has 0 saturated carbocycles. The Labute approximate surface area is 97.0 Å². The molecule has 0 aromatic heterocycles. The van der Waals surface area contributed by atoms with Gasteiger partial charge in [0.2, 0.25) is 0 Å². The second-order valence-corrected chi connectivity index (χ2v) is 4.45. The fourth-order valence-corrected chi connectivity index (χ4v) is 2.65. The van der Waals surface area contributed by atoms with Crippen molar-refractivity contribution in [1.82, 2.24) is 0 Å². The van der Waals surface area contributed by atoms with Gasteiger partial charge in [0.05, 0.1) is 12.0 Å². The Morgan fingerprint density at radius 1 is 1.17 bits per heavy atom. The third kappa shape index (κ3) is 0.890. The monoisotopic (exact) mass is 264 g/mol. The molecule has 0 radical (unpaired) electrons. The summed E-state index contributed by atoms with van der Waals surface area (Å²) in [7, 11) is 0. The fraction of sp³-hybridized carbons (Fsp3) is 0.364. The fourth-order valence-electron chi connectivity index (χ4n) is 2.65. The Kier molecular flexibility index (Phi) is 1.76. The molecule has 2 aliphatic rings. The van der Waals surface area contributed by atoms with Gasteiger partial charge in [-0.3, -0.25) is 4.79 Å². The Bertz CT molecular complexity index is 595. The molecular weight excluding hydrogens is 259 g/mol. The van der Waals surface area contributed by atoms with Crippen molar-refractivity contribution < 1.29 is 31.9 Å². The molecule has 0 saturated heterocycles. The van der Waals surface area contributed by atoms with Gasteiger partial charge < -0.3 is 5.11 Å². The first-order chi connectivity index (χ1) is 8.14. The van der Waals surface area contributed by atoms with Crippen molar-refractivity contribution in [3.63, 3.8) is 0 Å². The predicted molar refractivity (Wildman–Crippen MR) is 48.1 cm³/mol. The maximum atomic E-state index is 13.6. The van der Waals surface area contributed by atoms with E-state index in [1.54, 1.807) is 0 Å². The second-order valence-electron chi connectivity index (χ2n) is 4.45. The number of Topliss-reactive ketones (excluding diaryl/α,β-unsaturated/α-hetero) is 1. The number of halogens is 5. The number of hydrogen-bond acceptors (Lipinski definition) is 2. The first kappa shape index (κ1) is 11.6. The highest BCUT2D eigenvalue weighted by atomic mass is 19.3. The van der Waals surface area contributed by atoms with Gasteiger partial charge in [-0.25, -0.2) is 4.39 Å². The van der Waals surface area contributed by atoms with Crippen molar-refractivity contribution in [2.45, 2.75) is 23.9 Å². The number of rotatable bonds is 0. The lowest BCUT2D eigenvalue weighted by molar-refractivity contribution is -0.283. The van der Waals surface area contributed by atoms with Crippen molar-refractivity contribution >= 4 is 5.78 Å². The molecule has 1 aromatic rings. The van der Waals surface area contributed by atoms with Crippen LogP contribution in [0.3, 0.4) is 0 Å². The average Bonchev–Trinajstić information content (AvgIpc) is 2.58. The van der Waals surface area contributed by atoms with Gasteiger partial charge in [-0.2, -0.15) is 17.6 Å². The molecule has 18 heavy (non-hydrogen) atoms. The van der Waals surface area contributed by atoms with Crippen molar-refractivity contribution in [1.29, 1.82) is 0 Å². The SMILES string of the molecule is O=C1CC2(O)c3c(ccc(F)c31)C(F)(F)C2(F)F. The van der Waals surface area contributed by atoms with E-state index in [0.717, 1.165) is 0 Å². The van der Waals surface area contributed by atoms with Gasteiger partial charge in [-0.1, -0.05) is 0 Å². The summed E-state index contributed by atoms with van der Waals surface area (Å²) in [5, 5.41) is 9.75. The third-order valence-corrected chi connectivity index (χ3v) is 3.52. The molecule has 1 atom stereocenters. The molecule has 0 aliphatic heterocycles. The number of alkyl halides is 4. The van der Waals surface area contributed by atoms with Crippen molar-refractivity contribution in [2.24, 2.45) is 0 Å². The van der Waals surface area contributed by atoms with E-state index in [-0.39, 0.29) is 0 Å². The summed E-state index contributed by atoms with van der Waals surface area (Å²) in [6.07, 6.45) is -1.24. The standard InChI is InChI=1S/C11H5F5O2/c12-5-2-1-4-8-7(5)6(17)3-9(8,18)11(15,16)10(4,13)14/h1-2,18H,3H2. The van der Waals surface area contributed by atoms with E-state index < -0.39 is 52.2 Å². The minimum absolute atomic E-state index is 0.485. The molecule has 7 heteroatoms. The van der Waals surface area contributed by atoms with Gasteiger partial charge in [0, 0.05) is 11.1 Å². The highest BCUT2D eigenvalue weighted by Gasteiger charge is 2.79. The van der Waals surface area contributed by atoms with Crippen molar-refractivity contribution in [2.75, 3.05) is 0 Å². The Morgan fingerprint density at radius 3 is 2.39 bits per heavy atom. The molecule has 0 fully saturated rings. The van der Waals surface area contributed by atoms with E-state index in [1.807, 2.05) is 0 Å². The molecule has 0 bridgehead atoms. The van der Waals surface area contributed by atoms with Gasteiger partial charge in [0.25, 0.3) is 0 Å². The van der Waals surface area contributed by atoms with Crippen LogP contribution in [0.15, 0.2) is 12.1 Å². The first-order valence-corrected chi connectivity index (χ1v) is 4.99. The zero-order valence-electron chi connectivity index (χ0n) is 8.61. The highest BCUT2D eigenvalue weighted by molar-refractivity contribution is 6.03. The summed E-state index contributed by atoms with van der Waals surface area (Å²) in [6.45, 7) is 0. The van der Waals surface area contributed by atoms with Crippen LogP contribution in [-0.4, -0.2) is 16.8 Å². The molecule has 0 spiro atoms. The van der Waals surface area contributed by atoms with E-state index in [0.29, 0.717) is 12.1 Å². The molecule has 0 heterocycles. The van der Waals surface area contributed by atoms with Crippen LogP contribution in [0.25, 0.3) is 0 Å². The number of ketones is 1. The van der Waals surface area contributed by atoms with Crippen molar-refractivity contribution in [3.8, 4) is 0 Å².